The highest BCUT2D eigenvalue weighted by molar-refractivity contribution is 6.30. The third-order valence-electron chi connectivity index (χ3n) is 6.14. The van der Waals surface area contributed by atoms with Crippen molar-refractivity contribution in [3.05, 3.63) is 69.7 Å². The number of halogens is 2. The van der Waals surface area contributed by atoms with E-state index in [1.54, 1.807) is 0 Å². The minimum Gasteiger partial charge on any atom is -0.458 e. The van der Waals surface area contributed by atoms with Gasteiger partial charge < -0.3 is 9.64 Å². The van der Waals surface area contributed by atoms with Gasteiger partial charge in [0.2, 0.25) is 5.91 Å². The van der Waals surface area contributed by atoms with Crippen molar-refractivity contribution >= 4 is 35.1 Å². The van der Waals surface area contributed by atoms with Crippen molar-refractivity contribution in [2.75, 3.05) is 0 Å². The highest BCUT2D eigenvalue weighted by Gasteiger charge is 2.50. The van der Waals surface area contributed by atoms with Crippen LogP contribution in [-0.4, -0.2) is 28.4 Å². The predicted octanol–water partition coefficient (Wildman–Crippen LogP) is 6.56. The summed E-state index contributed by atoms with van der Waals surface area (Å²) < 4.78 is 5.79. The summed E-state index contributed by atoms with van der Waals surface area (Å²) in [4.78, 5) is 28.6. The number of piperidine rings is 1. The van der Waals surface area contributed by atoms with E-state index in [4.69, 9.17) is 27.9 Å². The van der Waals surface area contributed by atoms with Crippen LogP contribution in [0, 0.1) is 5.92 Å². The minimum atomic E-state index is -0.620. The number of carbonyl (C=O) groups excluding carboxylic acids is 2. The molecule has 4 rings (SSSR count). The first-order chi connectivity index (χ1) is 15.1. The van der Waals surface area contributed by atoms with E-state index < -0.39 is 11.6 Å². The number of ether oxygens (including phenoxy) is 1. The first kappa shape index (κ1) is 23.1. The van der Waals surface area contributed by atoms with Crippen molar-refractivity contribution in [3.63, 3.8) is 0 Å². The Morgan fingerprint density at radius 2 is 1.69 bits per heavy atom. The van der Waals surface area contributed by atoms with Crippen LogP contribution < -0.4 is 0 Å². The first-order valence-corrected chi connectivity index (χ1v) is 11.9. The van der Waals surface area contributed by atoms with Crippen LogP contribution >= 0.6 is 23.2 Å². The highest BCUT2D eigenvalue weighted by Crippen LogP contribution is 2.48. The van der Waals surface area contributed by atoms with Crippen LogP contribution in [0.15, 0.2) is 48.5 Å². The molecule has 1 amide bonds. The lowest BCUT2D eigenvalue weighted by atomic mass is 9.78. The van der Waals surface area contributed by atoms with E-state index in [9.17, 15) is 9.59 Å². The molecule has 0 aromatic heterocycles. The molecule has 0 bridgehead atoms. The molecule has 3 atom stereocenters. The molecule has 3 unspecified atom stereocenters. The molecule has 1 saturated heterocycles. The van der Waals surface area contributed by atoms with Crippen molar-refractivity contribution in [2.24, 2.45) is 5.92 Å². The zero-order valence-electron chi connectivity index (χ0n) is 18.7. The number of carbonyl (C=O) groups is 2. The van der Waals surface area contributed by atoms with Gasteiger partial charge in [0.15, 0.2) is 0 Å². The van der Waals surface area contributed by atoms with E-state index in [1.807, 2.05) is 74.2 Å². The Bertz CT molecular complexity index is 995. The summed E-state index contributed by atoms with van der Waals surface area (Å²) >= 11 is 12.5. The standard InChI is InChI=1S/C26H29Cl2NO3/c1-26(2,3)32-25(31)24(17-7-8-17)29-22(30)14-13-21(18-5-4-6-20(28)15-18)23(29)16-9-11-19(27)12-10-16/h4-6,9-12,15,17,21,23-24H,7-8,13-14H2,1-3H3. The topological polar surface area (TPSA) is 46.6 Å². The fourth-order valence-corrected chi connectivity index (χ4v) is 5.01. The summed E-state index contributed by atoms with van der Waals surface area (Å²) in [6.07, 6.45) is 2.91. The van der Waals surface area contributed by atoms with E-state index in [1.165, 1.54) is 0 Å². The molecule has 170 valence electrons. The monoisotopic (exact) mass is 473 g/mol. The van der Waals surface area contributed by atoms with E-state index in [0.29, 0.717) is 22.9 Å². The first-order valence-electron chi connectivity index (χ1n) is 11.2. The Kier molecular flexibility index (Phi) is 6.56. The predicted molar refractivity (Wildman–Crippen MR) is 127 cm³/mol. The number of hydrogen-bond donors (Lipinski definition) is 0. The fourth-order valence-electron chi connectivity index (χ4n) is 4.69. The third-order valence-corrected chi connectivity index (χ3v) is 6.63. The largest absolute Gasteiger partial charge is 0.458 e. The van der Waals surface area contributed by atoms with Crippen LogP contribution in [0.5, 0.6) is 0 Å². The van der Waals surface area contributed by atoms with Gasteiger partial charge in [0.1, 0.15) is 11.6 Å². The lowest BCUT2D eigenvalue weighted by Gasteiger charge is -2.45. The molecule has 2 aromatic carbocycles. The smallest absolute Gasteiger partial charge is 0.329 e. The van der Waals surface area contributed by atoms with Crippen molar-refractivity contribution in [1.82, 2.24) is 4.90 Å². The van der Waals surface area contributed by atoms with Crippen LogP contribution in [0.2, 0.25) is 10.0 Å². The van der Waals surface area contributed by atoms with Gasteiger partial charge in [-0.3, -0.25) is 4.79 Å². The summed E-state index contributed by atoms with van der Waals surface area (Å²) in [5, 5.41) is 1.29. The molecular formula is C26H29Cl2NO3. The Labute approximate surface area is 199 Å². The van der Waals surface area contributed by atoms with Gasteiger partial charge in [-0.25, -0.2) is 4.79 Å². The van der Waals surface area contributed by atoms with Crippen molar-refractivity contribution in [2.45, 2.75) is 70.1 Å². The molecule has 0 N–H and O–H groups in total. The van der Waals surface area contributed by atoms with E-state index in [2.05, 4.69) is 0 Å². The number of hydrogen-bond acceptors (Lipinski definition) is 3. The van der Waals surface area contributed by atoms with Crippen molar-refractivity contribution < 1.29 is 14.3 Å². The van der Waals surface area contributed by atoms with E-state index in [0.717, 1.165) is 24.0 Å². The zero-order chi connectivity index (χ0) is 23.0. The second kappa shape index (κ2) is 9.07. The molecular weight excluding hydrogens is 445 g/mol. The number of esters is 1. The lowest BCUT2D eigenvalue weighted by Crippen LogP contribution is -2.53. The SMILES string of the molecule is CC(C)(C)OC(=O)C(C1CC1)N1C(=O)CCC(c2cccc(Cl)c2)C1c1ccc(Cl)cc1. The van der Waals surface area contributed by atoms with Gasteiger partial charge in [-0.2, -0.15) is 0 Å². The molecule has 0 spiro atoms. The Balaban J connectivity index is 1.80. The molecule has 2 aliphatic rings. The average Bonchev–Trinajstić information content (AvgIpc) is 3.54. The maximum Gasteiger partial charge on any atom is 0.329 e. The number of likely N-dealkylation sites (tertiary alicyclic amines) is 1. The molecule has 0 radical (unpaired) electrons. The molecule has 32 heavy (non-hydrogen) atoms. The number of rotatable bonds is 5. The number of amides is 1. The third kappa shape index (κ3) is 5.13. The van der Waals surface area contributed by atoms with Gasteiger partial charge in [-0.05, 0) is 81.3 Å². The summed E-state index contributed by atoms with van der Waals surface area (Å²) in [6, 6.07) is 14.5. The average molecular weight is 474 g/mol. The number of benzene rings is 2. The Hall–Kier alpha value is -2.04. The van der Waals surface area contributed by atoms with Gasteiger partial charge in [0.25, 0.3) is 0 Å². The second-order valence-corrected chi connectivity index (χ2v) is 10.7. The molecule has 2 aromatic rings. The summed E-state index contributed by atoms with van der Waals surface area (Å²) in [5.74, 6) is -0.192. The van der Waals surface area contributed by atoms with Crippen LogP contribution in [-0.2, 0) is 14.3 Å². The Morgan fingerprint density at radius 3 is 2.28 bits per heavy atom. The molecule has 1 saturated carbocycles. The molecule has 1 aliphatic heterocycles. The van der Waals surface area contributed by atoms with E-state index in [-0.39, 0.29) is 29.8 Å². The van der Waals surface area contributed by atoms with Crippen LogP contribution in [0.3, 0.4) is 0 Å². The van der Waals surface area contributed by atoms with Crippen LogP contribution in [0.25, 0.3) is 0 Å². The molecule has 4 nitrogen and oxygen atoms in total. The molecule has 1 heterocycles. The maximum atomic E-state index is 13.4. The van der Waals surface area contributed by atoms with Gasteiger partial charge >= 0.3 is 5.97 Å². The molecule has 2 fully saturated rings. The fraction of sp³-hybridized carbons (Fsp3) is 0.462. The Morgan fingerprint density at radius 1 is 1.00 bits per heavy atom. The quantitative estimate of drug-likeness (QED) is 0.461. The van der Waals surface area contributed by atoms with Gasteiger partial charge in [0.05, 0.1) is 6.04 Å². The van der Waals surface area contributed by atoms with Crippen LogP contribution in [0.1, 0.15) is 69.5 Å². The summed E-state index contributed by atoms with van der Waals surface area (Å²) in [5.41, 5.74) is 1.40. The molecule has 6 heteroatoms. The van der Waals surface area contributed by atoms with Gasteiger partial charge in [0, 0.05) is 22.4 Å². The lowest BCUT2D eigenvalue weighted by molar-refractivity contribution is -0.169. The number of nitrogens with zero attached hydrogens (tertiary/aromatic N) is 1. The van der Waals surface area contributed by atoms with Crippen molar-refractivity contribution in [3.8, 4) is 0 Å². The maximum absolute atomic E-state index is 13.4. The highest BCUT2D eigenvalue weighted by atomic mass is 35.5. The summed E-state index contributed by atoms with van der Waals surface area (Å²) in [6.45, 7) is 5.58. The van der Waals surface area contributed by atoms with E-state index >= 15 is 0 Å². The zero-order valence-corrected chi connectivity index (χ0v) is 20.2. The second-order valence-electron chi connectivity index (χ2n) is 9.81. The van der Waals surface area contributed by atoms with Gasteiger partial charge in [-0.1, -0.05) is 47.5 Å². The minimum absolute atomic E-state index is 0.00835. The normalized spacial score (nSPS) is 22.5. The van der Waals surface area contributed by atoms with Crippen LogP contribution in [0.4, 0.5) is 0 Å². The van der Waals surface area contributed by atoms with Crippen molar-refractivity contribution in [1.29, 1.82) is 0 Å². The molecule has 1 aliphatic carbocycles. The van der Waals surface area contributed by atoms with Gasteiger partial charge in [-0.15, -0.1) is 0 Å². The summed E-state index contributed by atoms with van der Waals surface area (Å²) in [7, 11) is 0.